The van der Waals surface area contributed by atoms with E-state index in [0.717, 1.165) is 48.6 Å². The number of thioether (sulfide) groups is 1. The first-order valence-electron chi connectivity index (χ1n) is 7.50. The van der Waals surface area contributed by atoms with Crippen molar-refractivity contribution in [3.05, 3.63) is 29.3 Å². The first kappa shape index (κ1) is 16.4. The Morgan fingerprint density at radius 2 is 2.05 bits per heavy atom. The van der Waals surface area contributed by atoms with Crippen molar-refractivity contribution in [2.24, 2.45) is 0 Å². The second-order valence-electron chi connectivity index (χ2n) is 6.48. The predicted octanol–water partition coefficient (Wildman–Crippen LogP) is 3.72. The predicted molar refractivity (Wildman–Crippen MR) is 87.4 cm³/mol. The van der Waals surface area contributed by atoms with Gasteiger partial charge in [-0.15, -0.1) is 11.8 Å². The minimum atomic E-state index is 0.0856. The molecule has 1 aliphatic heterocycles. The topological polar surface area (TPSA) is 45.0 Å². The fourth-order valence-electron chi connectivity index (χ4n) is 2.22. The average Bonchev–Trinajstić information content (AvgIpc) is 2.46. The van der Waals surface area contributed by atoms with Crippen molar-refractivity contribution in [3.8, 4) is 6.07 Å². The standard InChI is InChI=1S/C17H24N2OS/c1-17(2,3)19-12-13-4-5-16(14(10-13)11-18)21-15-6-8-20-9-7-15/h4-5,10,15,19H,6-9,12H2,1-3H3. The van der Waals surface area contributed by atoms with Crippen molar-refractivity contribution in [3.63, 3.8) is 0 Å². The summed E-state index contributed by atoms with van der Waals surface area (Å²) in [5.74, 6) is 0. The first-order valence-corrected chi connectivity index (χ1v) is 8.38. The zero-order valence-corrected chi connectivity index (χ0v) is 13.9. The molecule has 0 bridgehead atoms. The molecule has 1 fully saturated rings. The molecular weight excluding hydrogens is 280 g/mol. The van der Waals surface area contributed by atoms with Gasteiger partial charge in [-0.3, -0.25) is 0 Å². The quantitative estimate of drug-likeness (QED) is 0.921. The van der Waals surface area contributed by atoms with Crippen LogP contribution in [-0.2, 0) is 11.3 Å². The number of nitriles is 1. The molecule has 0 aromatic heterocycles. The Kier molecular flexibility index (Phi) is 5.69. The van der Waals surface area contributed by atoms with Crippen molar-refractivity contribution in [1.82, 2.24) is 5.32 Å². The number of nitrogens with zero attached hydrogens (tertiary/aromatic N) is 1. The maximum absolute atomic E-state index is 9.39. The van der Waals surface area contributed by atoms with E-state index >= 15 is 0 Å². The van der Waals surface area contributed by atoms with Crippen molar-refractivity contribution >= 4 is 11.8 Å². The summed E-state index contributed by atoms with van der Waals surface area (Å²) in [7, 11) is 0. The van der Waals surface area contributed by atoms with Crippen LogP contribution in [0.15, 0.2) is 23.1 Å². The summed E-state index contributed by atoms with van der Waals surface area (Å²) in [6.07, 6.45) is 2.14. The molecule has 0 atom stereocenters. The van der Waals surface area contributed by atoms with Crippen molar-refractivity contribution in [1.29, 1.82) is 5.26 Å². The minimum absolute atomic E-state index is 0.0856. The molecule has 21 heavy (non-hydrogen) atoms. The van der Waals surface area contributed by atoms with Crippen LogP contribution in [0.5, 0.6) is 0 Å². The Labute approximate surface area is 132 Å². The summed E-state index contributed by atoms with van der Waals surface area (Å²) in [5.41, 5.74) is 2.04. The van der Waals surface area contributed by atoms with E-state index in [2.05, 4.69) is 44.3 Å². The van der Waals surface area contributed by atoms with Crippen LogP contribution < -0.4 is 5.32 Å². The van der Waals surface area contributed by atoms with Gasteiger partial charge in [0.2, 0.25) is 0 Å². The largest absolute Gasteiger partial charge is 0.381 e. The normalized spacial score (nSPS) is 16.7. The van der Waals surface area contributed by atoms with Crippen molar-refractivity contribution in [2.45, 2.75) is 55.8 Å². The molecule has 1 N–H and O–H groups in total. The van der Waals surface area contributed by atoms with Crippen LogP contribution in [0.2, 0.25) is 0 Å². The molecule has 0 amide bonds. The van der Waals surface area contributed by atoms with Crippen molar-refractivity contribution in [2.75, 3.05) is 13.2 Å². The van der Waals surface area contributed by atoms with Gasteiger partial charge in [-0.2, -0.15) is 5.26 Å². The fourth-order valence-corrected chi connectivity index (χ4v) is 3.38. The molecule has 2 rings (SSSR count). The zero-order chi connectivity index (χ0) is 15.3. The summed E-state index contributed by atoms with van der Waals surface area (Å²) in [6, 6.07) is 8.58. The number of benzene rings is 1. The smallest absolute Gasteiger partial charge is 0.100 e. The van der Waals surface area contributed by atoms with Crippen LogP contribution >= 0.6 is 11.8 Å². The van der Waals surface area contributed by atoms with E-state index in [1.807, 2.05) is 17.8 Å². The second kappa shape index (κ2) is 7.31. The Balaban J connectivity index is 2.04. The van der Waals surface area contributed by atoms with E-state index in [9.17, 15) is 5.26 Å². The number of hydrogen-bond acceptors (Lipinski definition) is 4. The maximum Gasteiger partial charge on any atom is 0.100 e. The fraction of sp³-hybridized carbons (Fsp3) is 0.588. The molecule has 1 aromatic carbocycles. The first-order chi connectivity index (χ1) is 9.98. The lowest BCUT2D eigenvalue weighted by molar-refractivity contribution is 0.100. The number of hydrogen-bond donors (Lipinski definition) is 1. The zero-order valence-electron chi connectivity index (χ0n) is 13.1. The monoisotopic (exact) mass is 304 g/mol. The van der Waals surface area contributed by atoms with Crippen LogP contribution in [0.1, 0.15) is 44.7 Å². The summed E-state index contributed by atoms with van der Waals surface area (Å²) >= 11 is 1.83. The van der Waals surface area contributed by atoms with Gasteiger partial charge in [-0.25, -0.2) is 0 Å². The Morgan fingerprint density at radius 3 is 2.67 bits per heavy atom. The van der Waals surface area contributed by atoms with E-state index in [-0.39, 0.29) is 5.54 Å². The highest BCUT2D eigenvalue weighted by atomic mass is 32.2. The number of ether oxygens (including phenoxy) is 1. The molecule has 0 unspecified atom stereocenters. The van der Waals surface area contributed by atoms with Crippen LogP contribution in [0.3, 0.4) is 0 Å². The molecule has 0 aliphatic carbocycles. The minimum Gasteiger partial charge on any atom is -0.381 e. The van der Waals surface area contributed by atoms with Crippen LogP contribution in [0.25, 0.3) is 0 Å². The van der Waals surface area contributed by atoms with Gasteiger partial charge < -0.3 is 10.1 Å². The molecule has 0 saturated carbocycles. The van der Waals surface area contributed by atoms with Crippen LogP contribution in [-0.4, -0.2) is 24.0 Å². The van der Waals surface area contributed by atoms with E-state index in [1.54, 1.807) is 0 Å². The molecule has 3 nitrogen and oxygen atoms in total. The highest BCUT2D eigenvalue weighted by Crippen LogP contribution is 2.32. The van der Waals surface area contributed by atoms with Gasteiger partial charge in [-0.1, -0.05) is 6.07 Å². The van der Waals surface area contributed by atoms with Gasteiger partial charge in [0.25, 0.3) is 0 Å². The number of rotatable bonds is 4. The van der Waals surface area contributed by atoms with Crippen LogP contribution in [0.4, 0.5) is 0 Å². The third kappa shape index (κ3) is 5.35. The molecule has 1 heterocycles. The Hall–Kier alpha value is -1.02. The van der Waals surface area contributed by atoms with E-state index in [4.69, 9.17) is 4.74 Å². The van der Waals surface area contributed by atoms with Gasteiger partial charge in [0.15, 0.2) is 0 Å². The Morgan fingerprint density at radius 1 is 1.33 bits per heavy atom. The highest BCUT2D eigenvalue weighted by Gasteiger charge is 2.17. The average molecular weight is 304 g/mol. The van der Waals surface area contributed by atoms with Gasteiger partial charge >= 0.3 is 0 Å². The van der Waals surface area contributed by atoms with E-state index in [1.165, 1.54) is 0 Å². The SMILES string of the molecule is CC(C)(C)NCc1ccc(SC2CCOCC2)c(C#N)c1. The summed E-state index contributed by atoms with van der Waals surface area (Å²) in [5, 5.41) is 13.4. The van der Waals surface area contributed by atoms with Gasteiger partial charge in [0.05, 0.1) is 5.56 Å². The molecular formula is C17H24N2OS. The van der Waals surface area contributed by atoms with Crippen LogP contribution in [0, 0.1) is 11.3 Å². The summed E-state index contributed by atoms with van der Waals surface area (Å²) in [6.45, 7) is 8.91. The molecule has 1 aromatic rings. The molecule has 0 spiro atoms. The second-order valence-corrected chi connectivity index (χ2v) is 7.82. The van der Waals surface area contributed by atoms with E-state index in [0.29, 0.717) is 5.25 Å². The lowest BCUT2D eigenvalue weighted by Crippen LogP contribution is -2.35. The summed E-state index contributed by atoms with van der Waals surface area (Å²) in [4.78, 5) is 1.10. The van der Waals surface area contributed by atoms with Gasteiger partial charge in [0.1, 0.15) is 6.07 Å². The lowest BCUT2D eigenvalue weighted by Gasteiger charge is -2.22. The molecule has 1 aliphatic rings. The molecule has 1 saturated heterocycles. The Bertz CT molecular complexity index is 511. The lowest BCUT2D eigenvalue weighted by atomic mass is 10.1. The third-order valence-electron chi connectivity index (χ3n) is 3.45. The van der Waals surface area contributed by atoms with Gasteiger partial charge in [-0.05, 0) is 51.3 Å². The van der Waals surface area contributed by atoms with E-state index < -0.39 is 0 Å². The summed E-state index contributed by atoms with van der Waals surface area (Å²) < 4.78 is 5.39. The molecule has 114 valence electrons. The number of nitrogens with one attached hydrogen (secondary N) is 1. The van der Waals surface area contributed by atoms with Crippen molar-refractivity contribution < 1.29 is 4.74 Å². The van der Waals surface area contributed by atoms with Gasteiger partial charge in [0, 0.05) is 35.4 Å². The molecule has 4 heteroatoms. The third-order valence-corrected chi connectivity index (χ3v) is 4.86. The molecule has 0 radical (unpaired) electrons. The maximum atomic E-state index is 9.39. The highest BCUT2D eigenvalue weighted by molar-refractivity contribution is 8.00.